The van der Waals surface area contributed by atoms with Gasteiger partial charge in [0.25, 0.3) is 0 Å². The van der Waals surface area contributed by atoms with Crippen LogP contribution in [-0.2, 0) is 18.2 Å². The van der Waals surface area contributed by atoms with Gasteiger partial charge >= 0.3 is 0 Å². The lowest BCUT2D eigenvalue weighted by Crippen LogP contribution is -2.27. The Kier molecular flexibility index (Phi) is 8.15. The Labute approximate surface area is 196 Å². The van der Waals surface area contributed by atoms with E-state index in [4.69, 9.17) is 0 Å². The summed E-state index contributed by atoms with van der Waals surface area (Å²) in [6, 6.07) is 21.7. The monoisotopic (exact) mass is 447 g/mol. The van der Waals surface area contributed by atoms with Gasteiger partial charge in [0.15, 0.2) is 0 Å². The topological polar surface area (TPSA) is 23.5 Å². The van der Waals surface area contributed by atoms with Crippen molar-refractivity contribution in [1.82, 2.24) is 4.90 Å². The Hall–Kier alpha value is -2.15. The molecule has 0 amide bonds. The van der Waals surface area contributed by atoms with E-state index < -0.39 is 0 Å². The van der Waals surface area contributed by atoms with Gasteiger partial charge in [-0.25, -0.2) is 0 Å². The van der Waals surface area contributed by atoms with Crippen LogP contribution in [0.3, 0.4) is 0 Å². The first-order chi connectivity index (χ1) is 15.3. The molecule has 0 bridgehead atoms. The maximum absolute atomic E-state index is 11.0. The lowest BCUT2D eigenvalue weighted by Gasteiger charge is -2.35. The fourth-order valence-corrected chi connectivity index (χ4v) is 6.48. The van der Waals surface area contributed by atoms with Gasteiger partial charge in [0.1, 0.15) is 5.75 Å². The van der Waals surface area contributed by atoms with Crippen molar-refractivity contribution >= 4 is 13.9 Å². The molecule has 0 fully saturated rings. The molecule has 2 nitrogen and oxygen atoms in total. The highest BCUT2D eigenvalue weighted by Gasteiger charge is 2.33. The van der Waals surface area contributed by atoms with Crippen molar-refractivity contribution in [2.45, 2.75) is 65.7 Å². The minimum Gasteiger partial charge on any atom is -0.507 e. The molecule has 0 aliphatic rings. The van der Waals surface area contributed by atoms with Gasteiger partial charge in [-0.2, -0.15) is 0 Å². The third kappa shape index (κ3) is 5.42. The fraction of sp³-hybridized carbons (Fsp3) is 0.379. The van der Waals surface area contributed by atoms with E-state index in [0.717, 1.165) is 37.1 Å². The molecule has 0 radical (unpaired) electrons. The molecule has 0 heterocycles. The molecule has 0 aliphatic carbocycles. The number of phenolic OH excluding ortho intramolecular Hbond substituents is 1. The third-order valence-electron chi connectivity index (χ3n) is 6.63. The highest BCUT2D eigenvalue weighted by molar-refractivity contribution is 7.48. The molecule has 170 valence electrons. The minimum atomic E-state index is -0.0558. The number of hydrogen-bond acceptors (Lipinski definition) is 2. The molecule has 3 heteroatoms. The number of hydrogen-bond donors (Lipinski definition) is 1. The van der Waals surface area contributed by atoms with Crippen LogP contribution in [0.15, 0.2) is 60.7 Å². The molecule has 1 N–H and O–H groups in total. The van der Waals surface area contributed by atoms with Gasteiger partial charge < -0.3 is 5.11 Å². The van der Waals surface area contributed by atoms with Crippen LogP contribution in [0.25, 0.3) is 0 Å². The van der Waals surface area contributed by atoms with Gasteiger partial charge in [-0.1, -0.05) is 88.7 Å². The maximum atomic E-state index is 11.0. The summed E-state index contributed by atoms with van der Waals surface area (Å²) in [6.45, 7) is 12.8. The van der Waals surface area contributed by atoms with Gasteiger partial charge in [-0.15, -0.1) is 0 Å². The second-order valence-corrected chi connectivity index (χ2v) is 10.9. The van der Waals surface area contributed by atoms with Crippen molar-refractivity contribution in [3.63, 3.8) is 0 Å². The summed E-state index contributed by atoms with van der Waals surface area (Å²) >= 11 is 0. The number of phenols is 1. The first-order valence-electron chi connectivity index (χ1n) is 11.7. The van der Waals surface area contributed by atoms with E-state index >= 15 is 0 Å². The first-order valence-corrected chi connectivity index (χ1v) is 12.7. The zero-order valence-corrected chi connectivity index (χ0v) is 21.5. The minimum absolute atomic E-state index is 0.0558. The average molecular weight is 448 g/mol. The second-order valence-electron chi connectivity index (χ2n) is 9.16. The Morgan fingerprint density at radius 2 is 1.53 bits per heavy atom. The summed E-state index contributed by atoms with van der Waals surface area (Å²) in [4.78, 5) is 2.39. The predicted octanol–water partition coefficient (Wildman–Crippen LogP) is 6.97. The van der Waals surface area contributed by atoms with E-state index in [1.165, 1.54) is 27.6 Å². The summed E-state index contributed by atoms with van der Waals surface area (Å²) in [5.41, 5.74) is 7.40. The van der Waals surface area contributed by atoms with E-state index in [-0.39, 0.29) is 5.16 Å². The van der Waals surface area contributed by atoms with Crippen LogP contribution in [0.2, 0.25) is 0 Å². The van der Waals surface area contributed by atoms with Crippen LogP contribution in [0, 0.1) is 20.8 Å². The lowest BCUT2D eigenvalue weighted by atomic mass is 9.89. The zero-order valence-electron chi connectivity index (χ0n) is 20.5. The molecule has 3 rings (SSSR count). The van der Waals surface area contributed by atoms with Gasteiger partial charge in [0.2, 0.25) is 0 Å². The molecule has 1 unspecified atom stereocenters. The highest BCUT2D eigenvalue weighted by Crippen LogP contribution is 2.51. The number of rotatable bonds is 9. The average Bonchev–Trinajstić information content (AvgIpc) is 2.77. The summed E-state index contributed by atoms with van der Waals surface area (Å²) in [5, 5.41) is 12.4. The van der Waals surface area contributed by atoms with Crippen molar-refractivity contribution < 1.29 is 5.11 Å². The standard InChI is InChI=1S/C29H38NOP/c1-7-29(8-2,26-18-21(3)17-23(5)27(26)31)32-28-22(4)13-12-16-25(28)20-30(6)19-24-14-10-9-11-15-24/h9-18,31-32H,7-8,19-20H2,1-6H3. The Morgan fingerprint density at radius 3 is 2.19 bits per heavy atom. The van der Waals surface area contributed by atoms with E-state index in [0.29, 0.717) is 14.3 Å². The van der Waals surface area contributed by atoms with Gasteiger partial charge in [0.05, 0.1) is 0 Å². The molecule has 0 saturated heterocycles. The molecule has 3 aromatic rings. The molecule has 32 heavy (non-hydrogen) atoms. The fourth-order valence-electron chi connectivity index (χ4n) is 4.72. The van der Waals surface area contributed by atoms with Gasteiger partial charge in [-0.05, 0) is 68.2 Å². The van der Waals surface area contributed by atoms with E-state index in [9.17, 15) is 5.11 Å². The van der Waals surface area contributed by atoms with Gasteiger partial charge in [-0.3, -0.25) is 4.90 Å². The van der Waals surface area contributed by atoms with Crippen molar-refractivity contribution in [1.29, 1.82) is 0 Å². The summed E-state index contributed by atoms with van der Waals surface area (Å²) in [7, 11) is 2.81. The van der Waals surface area contributed by atoms with Crippen LogP contribution in [-0.4, -0.2) is 17.1 Å². The van der Waals surface area contributed by atoms with Crippen LogP contribution < -0.4 is 5.30 Å². The van der Waals surface area contributed by atoms with Crippen molar-refractivity contribution in [3.05, 3.63) is 94.0 Å². The summed E-state index contributed by atoms with van der Waals surface area (Å²) < 4.78 is 0. The van der Waals surface area contributed by atoms with Crippen LogP contribution >= 0.6 is 8.58 Å². The van der Waals surface area contributed by atoms with E-state index in [2.05, 4.69) is 100 Å². The molecule has 0 saturated carbocycles. The highest BCUT2D eigenvalue weighted by atomic mass is 31.1. The lowest BCUT2D eigenvalue weighted by molar-refractivity contribution is 0.320. The maximum Gasteiger partial charge on any atom is 0.122 e. The Morgan fingerprint density at radius 1 is 0.844 bits per heavy atom. The molecule has 0 aliphatic heterocycles. The smallest absolute Gasteiger partial charge is 0.122 e. The van der Waals surface area contributed by atoms with Crippen LogP contribution in [0.1, 0.15) is 60.1 Å². The molecule has 0 aromatic heterocycles. The molecular weight excluding hydrogens is 409 g/mol. The largest absolute Gasteiger partial charge is 0.507 e. The third-order valence-corrected chi connectivity index (χ3v) is 9.05. The van der Waals surface area contributed by atoms with Crippen molar-refractivity contribution in [2.24, 2.45) is 0 Å². The van der Waals surface area contributed by atoms with Gasteiger partial charge in [0, 0.05) is 23.8 Å². The Bertz CT molecular complexity index is 1040. The number of nitrogens with zero attached hydrogens (tertiary/aromatic N) is 1. The first kappa shape index (κ1) is 24.5. The SMILES string of the molecule is CCC(CC)(Pc1c(C)cccc1CN(C)Cc1ccccc1)c1cc(C)cc(C)c1O. The molecule has 1 atom stereocenters. The number of aromatic hydroxyl groups is 1. The van der Waals surface area contributed by atoms with Crippen LogP contribution in [0.4, 0.5) is 0 Å². The quantitative estimate of drug-likeness (QED) is 0.358. The number of aryl methyl sites for hydroxylation is 3. The van der Waals surface area contributed by atoms with Crippen LogP contribution in [0.5, 0.6) is 5.75 Å². The zero-order chi connectivity index (χ0) is 23.3. The Balaban J connectivity index is 1.96. The molecule has 3 aromatic carbocycles. The van der Waals surface area contributed by atoms with Crippen molar-refractivity contribution in [3.8, 4) is 5.75 Å². The second kappa shape index (κ2) is 10.6. The predicted molar refractivity (Wildman–Crippen MR) is 141 cm³/mol. The summed E-state index contributed by atoms with van der Waals surface area (Å²) in [6.07, 6.45) is 2.01. The number of benzene rings is 3. The van der Waals surface area contributed by atoms with Crippen molar-refractivity contribution in [2.75, 3.05) is 7.05 Å². The van der Waals surface area contributed by atoms with E-state index in [1.54, 1.807) is 0 Å². The molecular formula is C29H38NOP. The van der Waals surface area contributed by atoms with E-state index in [1.807, 2.05) is 6.92 Å². The molecule has 0 spiro atoms. The summed E-state index contributed by atoms with van der Waals surface area (Å²) in [5.74, 6) is 0.475. The normalized spacial score (nSPS) is 12.2.